The molecule has 0 unspecified atom stereocenters. The van der Waals surface area contributed by atoms with Crippen molar-refractivity contribution < 1.29 is 14.6 Å². The van der Waals surface area contributed by atoms with Gasteiger partial charge in [-0.25, -0.2) is 4.79 Å². The van der Waals surface area contributed by atoms with Gasteiger partial charge in [0.25, 0.3) is 0 Å². The van der Waals surface area contributed by atoms with Crippen LogP contribution < -0.4 is 4.74 Å². The van der Waals surface area contributed by atoms with E-state index in [1.807, 2.05) is 45.0 Å². The topological polar surface area (TPSA) is 46.5 Å². The Hall–Kier alpha value is -2.26. The molecule has 2 aromatic rings. The summed E-state index contributed by atoms with van der Waals surface area (Å²) in [6.45, 7) is 5.93. The minimum absolute atomic E-state index is 0.214. The molecule has 3 nitrogen and oxygen atoms in total. The summed E-state index contributed by atoms with van der Waals surface area (Å²) >= 11 is 5.85. The van der Waals surface area contributed by atoms with Crippen molar-refractivity contribution in [2.24, 2.45) is 0 Å². The Labute approximate surface area is 141 Å². The van der Waals surface area contributed by atoms with Crippen LogP contribution in [-0.4, -0.2) is 16.7 Å². The maximum absolute atomic E-state index is 11.5. The predicted molar refractivity (Wildman–Crippen MR) is 93.8 cm³/mol. The van der Waals surface area contributed by atoms with Crippen molar-refractivity contribution in [3.05, 3.63) is 64.7 Å². The number of rotatable bonds is 4. The van der Waals surface area contributed by atoms with Crippen molar-refractivity contribution >= 4 is 29.2 Å². The number of benzene rings is 2. The maximum Gasteiger partial charge on any atom is 0.336 e. The fourth-order valence-corrected chi connectivity index (χ4v) is 2.18. The molecular formula is C19H19ClO3. The Morgan fingerprint density at radius 1 is 1.04 bits per heavy atom. The fourth-order valence-electron chi connectivity index (χ4n) is 2.05. The number of carboxylic acids is 1. The number of carbonyl (C=O) groups is 1. The van der Waals surface area contributed by atoms with Gasteiger partial charge in [-0.3, -0.25) is 0 Å². The average Bonchev–Trinajstić information content (AvgIpc) is 2.46. The zero-order valence-electron chi connectivity index (χ0n) is 13.3. The molecule has 0 radical (unpaired) electrons. The van der Waals surface area contributed by atoms with E-state index < -0.39 is 5.97 Å². The fraction of sp³-hybridized carbons (Fsp3) is 0.211. The van der Waals surface area contributed by atoms with E-state index in [4.69, 9.17) is 16.3 Å². The first-order chi connectivity index (χ1) is 10.7. The quantitative estimate of drug-likeness (QED) is 0.623. The molecule has 4 heteroatoms. The van der Waals surface area contributed by atoms with E-state index in [0.717, 1.165) is 11.3 Å². The molecule has 0 amide bonds. The predicted octanol–water partition coefficient (Wildman–Crippen LogP) is 5.14. The van der Waals surface area contributed by atoms with Gasteiger partial charge in [0.1, 0.15) is 11.4 Å². The summed E-state index contributed by atoms with van der Waals surface area (Å²) in [6.07, 6.45) is 1.63. The van der Waals surface area contributed by atoms with Crippen molar-refractivity contribution in [2.75, 3.05) is 0 Å². The molecular weight excluding hydrogens is 312 g/mol. The largest absolute Gasteiger partial charge is 0.488 e. The van der Waals surface area contributed by atoms with Crippen LogP contribution in [0.2, 0.25) is 5.02 Å². The molecule has 120 valence electrons. The van der Waals surface area contributed by atoms with Gasteiger partial charge < -0.3 is 9.84 Å². The van der Waals surface area contributed by atoms with Gasteiger partial charge in [0.2, 0.25) is 0 Å². The Morgan fingerprint density at radius 3 is 2.09 bits per heavy atom. The second kappa shape index (κ2) is 6.88. The van der Waals surface area contributed by atoms with Crippen LogP contribution >= 0.6 is 11.6 Å². The maximum atomic E-state index is 11.5. The first kappa shape index (κ1) is 17.1. The van der Waals surface area contributed by atoms with Crippen molar-refractivity contribution in [3.63, 3.8) is 0 Å². The molecule has 0 aromatic heterocycles. The second-order valence-corrected chi connectivity index (χ2v) is 6.59. The van der Waals surface area contributed by atoms with E-state index in [2.05, 4.69) is 0 Å². The van der Waals surface area contributed by atoms with Gasteiger partial charge in [-0.2, -0.15) is 0 Å². The molecule has 2 rings (SSSR count). The number of halogens is 1. The lowest BCUT2D eigenvalue weighted by molar-refractivity contribution is -0.130. The summed E-state index contributed by atoms with van der Waals surface area (Å²) in [4.78, 5) is 11.5. The van der Waals surface area contributed by atoms with Gasteiger partial charge in [0.05, 0.1) is 5.57 Å². The lowest BCUT2D eigenvalue weighted by atomic mass is 10.0. The van der Waals surface area contributed by atoms with Crippen molar-refractivity contribution in [2.45, 2.75) is 26.4 Å². The normalized spacial score (nSPS) is 12.1. The molecule has 0 saturated carbocycles. The van der Waals surface area contributed by atoms with Gasteiger partial charge >= 0.3 is 5.97 Å². The molecule has 0 spiro atoms. The van der Waals surface area contributed by atoms with Crippen LogP contribution in [0.1, 0.15) is 31.9 Å². The second-order valence-electron chi connectivity index (χ2n) is 6.15. The van der Waals surface area contributed by atoms with Crippen LogP contribution in [0.4, 0.5) is 0 Å². The Morgan fingerprint density at radius 2 is 1.61 bits per heavy atom. The third-order valence-corrected chi connectivity index (χ3v) is 3.25. The van der Waals surface area contributed by atoms with E-state index in [-0.39, 0.29) is 11.2 Å². The Kier molecular flexibility index (Phi) is 5.12. The molecule has 2 aromatic carbocycles. The summed E-state index contributed by atoms with van der Waals surface area (Å²) in [5.41, 5.74) is 1.34. The molecule has 0 aliphatic rings. The van der Waals surface area contributed by atoms with E-state index >= 15 is 0 Å². The van der Waals surface area contributed by atoms with Crippen LogP contribution in [0.3, 0.4) is 0 Å². The molecule has 0 atom stereocenters. The van der Waals surface area contributed by atoms with Crippen LogP contribution in [0, 0.1) is 0 Å². The summed E-state index contributed by atoms with van der Waals surface area (Å²) in [5, 5.41) is 10.0. The van der Waals surface area contributed by atoms with Gasteiger partial charge in [0, 0.05) is 5.02 Å². The molecule has 0 fully saturated rings. The van der Waals surface area contributed by atoms with E-state index in [0.29, 0.717) is 10.6 Å². The van der Waals surface area contributed by atoms with E-state index in [1.54, 1.807) is 30.3 Å². The highest BCUT2D eigenvalue weighted by Gasteiger charge is 2.12. The number of ether oxygens (including phenoxy) is 1. The van der Waals surface area contributed by atoms with Gasteiger partial charge in [0.15, 0.2) is 0 Å². The lowest BCUT2D eigenvalue weighted by Gasteiger charge is -2.21. The molecule has 0 aliphatic carbocycles. The lowest BCUT2D eigenvalue weighted by Crippen LogP contribution is -2.22. The molecule has 0 aliphatic heterocycles. The minimum atomic E-state index is -0.984. The Bertz CT molecular complexity index is 708. The number of carboxylic acid groups (broad SMARTS) is 1. The highest BCUT2D eigenvalue weighted by atomic mass is 35.5. The highest BCUT2D eigenvalue weighted by molar-refractivity contribution is 6.30. The van der Waals surface area contributed by atoms with Gasteiger partial charge in [-0.1, -0.05) is 35.9 Å². The van der Waals surface area contributed by atoms with Crippen LogP contribution in [0.5, 0.6) is 5.75 Å². The van der Waals surface area contributed by atoms with Gasteiger partial charge in [-0.15, -0.1) is 0 Å². The SMILES string of the molecule is CC(C)(C)Oc1ccc(/C=C(\C(=O)O)c2ccc(Cl)cc2)cc1. The Balaban J connectivity index is 2.29. The summed E-state index contributed by atoms with van der Waals surface area (Å²) in [7, 11) is 0. The van der Waals surface area contributed by atoms with Crippen molar-refractivity contribution in [1.82, 2.24) is 0 Å². The zero-order chi connectivity index (χ0) is 17.0. The molecule has 0 bridgehead atoms. The summed E-state index contributed by atoms with van der Waals surface area (Å²) < 4.78 is 5.76. The number of hydrogen-bond donors (Lipinski definition) is 1. The minimum Gasteiger partial charge on any atom is -0.488 e. The highest BCUT2D eigenvalue weighted by Crippen LogP contribution is 2.23. The number of aliphatic carboxylic acids is 1. The van der Waals surface area contributed by atoms with Crippen LogP contribution in [0.25, 0.3) is 11.6 Å². The molecule has 23 heavy (non-hydrogen) atoms. The zero-order valence-corrected chi connectivity index (χ0v) is 14.1. The smallest absolute Gasteiger partial charge is 0.336 e. The molecule has 1 N–H and O–H groups in total. The van der Waals surface area contributed by atoms with Crippen LogP contribution in [0.15, 0.2) is 48.5 Å². The summed E-state index contributed by atoms with van der Waals surface area (Å²) in [5.74, 6) is -0.236. The third kappa shape index (κ3) is 5.15. The first-order valence-electron chi connectivity index (χ1n) is 7.25. The first-order valence-corrected chi connectivity index (χ1v) is 7.62. The summed E-state index contributed by atoms with van der Waals surface area (Å²) in [6, 6.07) is 14.1. The molecule has 0 heterocycles. The van der Waals surface area contributed by atoms with E-state index in [9.17, 15) is 9.90 Å². The van der Waals surface area contributed by atoms with Crippen molar-refractivity contribution in [1.29, 1.82) is 0 Å². The van der Waals surface area contributed by atoms with Crippen LogP contribution in [-0.2, 0) is 4.79 Å². The standard InChI is InChI=1S/C19H19ClO3/c1-19(2,3)23-16-10-4-13(5-11-16)12-17(18(21)22)14-6-8-15(20)9-7-14/h4-12H,1-3H3,(H,21,22)/b17-12-. The number of hydrogen-bond acceptors (Lipinski definition) is 2. The third-order valence-electron chi connectivity index (χ3n) is 3.00. The monoisotopic (exact) mass is 330 g/mol. The van der Waals surface area contributed by atoms with Gasteiger partial charge in [-0.05, 0) is 62.2 Å². The van der Waals surface area contributed by atoms with Crippen molar-refractivity contribution in [3.8, 4) is 5.75 Å². The average molecular weight is 331 g/mol. The van der Waals surface area contributed by atoms with E-state index in [1.165, 1.54) is 0 Å². The molecule has 0 saturated heterocycles.